The number of rotatable bonds is 9. The fourth-order valence-corrected chi connectivity index (χ4v) is 9.41. The van der Waals surface area contributed by atoms with E-state index in [0.29, 0.717) is 10.8 Å². The minimum Gasteiger partial charge on any atom is -0.462 e. The second-order valence-corrected chi connectivity index (χ2v) is 14.8. The van der Waals surface area contributed by atoms with Gasteiger partial charge in [0.1, 0.15) is 6.10 Å². The van der Waals surface area contributed by atoms with Gasteiger partial charge in [-0.25, -0.2) is 8.42 Å². The molecule has 1 unspecified atom stereocenters. The van der Waals surface area contributed by atoms with Crippen LogP contribution in [0.15, 0.2) is 59.5 Å². The maximum absolute atomic E-state index is 12.5. The Balaban J connectivity index is 1.07. The van der Waals surface area contributed by atoms with E-state index >= 15 is 0 Å². The van der Waals surface area contributed by atoms with Crippen molar-refractivity contribution >= 4 is 21.5 Å². The van der Waals surface area contributed by atoms with Gasteiger partial charge in [-0.3, -0.25) is 4.79 Å². The molecular formula is C33H41N3O4S. The van der Waals surface area contributed by atoms with Crippen LogP contribution in [0.4, 0.5) is 5.69 Å². The van der Waals surface area contributed by atoms with Gasteiger partial charge in [0, 0.05) is 44.1 Å². The highest BCUT2D eigenvalue weighted by Crippen LogP contribution is 2.51. The number of nitrogens with zero attached hydrogens (tertiary/aromatic N) is 3. The van der Waals surface area contributed by atoms with Crippen LogP contribution in [0.3, 0.4) is 0 Å². The van der Waals surface area contributed by atoms with E-state index in [1.807, 2.05) is 30.3 Å². The normalized spacial score (nSPS) is 25.7. The molecule has 2 heterocycles. The summed E-state index contributed by atoms with van der Waals surface area (Å²) in [6, 6.07) is 20.5. The van der Waals surface area contributed by atoms with Crippen LogP contribution in [0.25, 0.3) is 0 Å². The van der Waals surface area contributed by atoms with Crippen molar-refractivity contribution < 1.29 is 17.9 Å². The van der Waals surface area contributed by atoms with Crippen LogP contribution in [-0.2, 0) is 24.8 Å². The number of piperidine rings is 1. The maximum Gasteiger partial charge on any atom is 0.302 e. The molecule has 8 heteroatoms. The van der Waals surface area contributed by atoms with Crippen molar-refractivity contribution in [3.05, 3.63) is 60.2 Å². The van der Waals surface area contributed by atoms with E-state index in [1.54, 1.807) is 12.1 Å². The Bertz CT molecular complexity index is 1370. The highest BCUT2D eigenvalue weighted by Gasteiger charge is 2.53. The van der Waals surface area contributed by atoms with Crippen LogP contribution in [0, 0.1) is 29.1 Å². The standard InChI is InChI=1S/C33H41N3O4S/c1-24(37)40-32-9-5-8-31(32)33(23-34,26-6-3-2-4-7-26)27-16-18-35(19-17-27)20-25-21-36(22-25)28-10-12-29(13-11-28)41(38,39)30-14-15-30/h2-4,6-7,10-13,25,27,30-32H,5,8-9,14-22H2,1H3/t31-,32-,33?/m0/s1. The quantitative estimate of drug-likeness (QED) is 0.390. The summed E-state index contributed by atoms with van der Waals surface area (Å²) in [6.45, 7) is 6.41. The van der Waals surface area contributed by atoms with Crippen molar-refractivity contribution in [1.29, 1.82) is 5.26 Å². The molecular weight excluding hydrogens is 534 g/mol. The van der Waals surface area contributed by atoms with Gasteiger partial charge in [0.15, 0.2) is 9.84 Å². The maximum atomic E-state index is 12.5. The number of sulfone groups is 1. The molecule has 0 amide bonds. The largest absolute Gasteiger partial charge is 0.462 e. The van der Waals surface area contributed by atoms with Crippen molar-refractivity contribution in [1.82, 2.24) is 4.90 Å². The van der Waals surface area contributed by atoms with Gasteiger partial charge in [0.2, 0.25) is 0 Å². The molecule has 0 spiro atoms. The zero-order chi connectivity index (χ0) is 28.6. The van der Waals surface area contributed by atoms with Crippen LogP contribution < -0.4 is 4.90 Å². The molecule has 2 saturated carbocycles. The molecule has 2 saturated heterocycles. The Hall–Kier alpha value is -2.89. The van der Waals surface area contributed by atoms with Gasteiger partial charge in [0.05, 0.1) is 21.6 Å². The molecule has 4 aliphatic rings. The summed E-state index contributed by atoms with van der Waals surface area (Å²) >= 11 is 0. The third kappa shape index (κ3) is 5.51. The average Bonchev–Trinajstić information content (AvgIpc) is 3.74. The summed E-state index contributed by atoms with van der Waals surface area (Å²) in [5.74, 6) is 0.557. The Labute approximate surface area is 244 Å². The van der Waals surface area contributed by atoms with Crippen LogP contribution in [-0.4, -0.2) is 63.4 Å². The summed E-state index contributed by atoms with van der Waals surface area (Å²) in [6.07, 6.45) is 6.01. The second-order valence-electron chi connectivity index (χ2n) is 12.6. The first-order chi connectivity index (χ1) is 19.8. The van der Waals surface area contributed by atoms with Crippen LogP contribution >= 0.6 is 0 Å². The van der Waals surface area contributed by atoms with Gasteiger partial charge in [-0.15, -0.1) is 0 Å². The predicted molar refractivity (Wildman–Crippen MR) is 158 cm³/mol. The molecule has 2 aliphatic carbocycles. The molecule has 0 radical (unpaired) electrons. The molecule has 0 bridgehead atoms. The highest BCUT2D eigenvalue weighted by atomic mass is 32.2. The minimum atomic E-state index is -3.14. The Kier molecular flexibility index (Phi) is 7.86. The highest BCUT2D eigenvalue weighted by molar-refractivity contribution is 7.92. The first kappa shape index (κ1) is 28.2. The topological polar surface area (TPSA) is 90.7 Å². The monoisotopic (exact) mass is 575 g/mol. The molecule has 0 aromatic heterocycles. The van der Waals surface area contributed by atoms with Crippen LogP contribution in [0.2, 0.25) is 0 Å². The molecule has 3 atom stereocenters. The molecule has 41 heavy (non-hydrogen) atoms. The average molecular weight is 576 g/mol. The van der Waals surface area contributed by atoms with E-state index in [4.69, 9.17) is 4.74 Å². The predicted octanol–water partition coefficient (Wildman–Crippen LogP) is 4.96. The minimum absolute atomic E-state index is 0.0150. The lowest BCUT2D eigenvalue weighted by molar-refractivity contribution is -0.149. The number of carbonyl (C=O) groups is 1. The number of hydrogen-bond acceptors (Lipinski definition) is 7. The lowest BCUT2D eigenvalue weighted by atomic mass is 9.59. The van der Waals surface area contributed by atoms with Gasteiger partial charge in [-0.1, -0.05) is 30.3 Å². The van der Waals surface area contributed by atoms with Gasteiger partial charge in [-0.2, -0.15) is 5.26 Å². The van der Waals surface area contributed by atoms with Gasteiger partial charge in [0.25, 0.3) is 0 Å². The Morgan fingerprint density at radius 2 is 1.66 bits per heavy atom. The summed E-state index contributed by atoms with van der Waals surface area (Å²) in [5.41, 5.74) is 1.50. The van der Waals surface area contributed by atoms with Crippen molar-refractivity contribution in [2.75, 3.05) is 37.6 Å². The third-order valence-electron chi connectivity index (χ3n) is 9.99. The first-order valence-electron chi connectivity index (χ1n) is 15.3. The molecule has 2 aromatic rings. The number of ether oxygens (including phenoxy) is 1. The first-order valence-corrected chi connectivity index (χ1v) is 16.8. The molecule has 218 valence electrons. The molecule has 4 fully saturated rings. The summed E-state index contributed by atoms with van der Waals surface area (Å²) in [7, 11) is -3.14. The van der Waals surface area contributed by atoms with E-state index in [-0.39, 0.29) is 29.2 Å². The summed E-state index contributed by atoms with van der Waals surface area (Å²) < 4.78 is 30.8. The smallest absolute Gasteiger partial charge is 0.302 e. The number of anilines is 1. The van der Waals surface area contributed by atoms with Crippen molar-refractivity contribution in [3.8, 4) is 6.07 Å². The molecule has 2 aromatic carbocycles. The van der Waals surface area contributed by atoms with E-state index in [2.05, 4.69) is 28.0 Å². The second kappa shape index (κ2) is 11.4. The number of carbonyl (C=O) groups excluding carboxylic acids is 1. The summed E-state index contributed by atoms with van der Waals surface area (Å²) in [4.78, 5) is 17.2. The third-order valence-corrected chi connectivity index (χ3v) is 12.3. The molecule has 0 N–H and O–H groups in total. The molecule has 2 aliphatic heterocycles. The number of benzene rings is 2. The van der Waals surface area contributed by atoms with Crippen molar-refractivity contribution in [2.24, 2.45) is 17.8 Å². The van der Waals surface area contributed by atoms with E-state index in [1.165, 1.54) is 6.92 Å². The van der Waals surface area contributed by atoms with E-state index < -0.39 is 15.3 Å². The van der Waals surface area contributed by atoms with E-state index in [9.17, 15) is 18.5 Å². The van der Waals surface area contributed by atoms with Gasteiger partial charge < -0.3 is 14.5 Å². The van der Waals surface area contributed by atoms with Gasteiger partial charge in [-0.05, 0) is 93.8 Å². The van der Waals surface area contributed by atoms with Crippen LogP contribution in [0.5, 0.6) is 0 Å². The van der Waals surface area contributed by atoms with E-state index in [0.717, 1.165) is 88.9 Å². The molecule has 7 nitrogen and oxygen atoms in total. The van der Waals surface area contributed by atoms with Gasteiger partial charge >= 0.3 is 5.97 Å². The number of hydrogen-bond donors (Lipinski definition) is 0. The SMILES string of the molecule is CC(=O)O[C@H]1CCC[C@@H]1C(C#N)(c1ccccc1)C1CCN(CC2CN(c3ccc(S(=O)(=O)C4CC4)cc3)C2)CC1. The number of esters is 1. The van der Waals surface area contributed by atoms with Crippen molar-refractivity contribution in [2.45, 2.75) is 73.5 Å². The van der Waals surface area contributed by atoms with Crippen LogP contribution in [0.1, 0.15) is 57.4 Å². The number of likely N-dealkylation sites (tertiary alicyclic amines) is 1. The fourth-order valence-electron chi connectivity index (χ4n) is 7.76. The Morgan fingerprint density at radius 3 is 2.27 bits per heavy atom. The lowest BCUT2D eigenvalue weighted by Crippen LogP contribution is -2.54. The number of nitriles is 1. The zero-order valence-corrected chi connectivity index (χ0v) is 24.8. The zero-order valence-electron chi connectivity index (χ0n) is 24.0. The van der Waals surface area contributed by atoms with Crippen molar-refractivity contribution in [3.63, 3.8) is 0 Å². The summed E-state index contributed by atoms with van der Waals surface area (Å²) in [5, 5.41) is 10.7. The lowest BCUT2D eigenvalue weighted by Gasteiger charge is -2.48. The fraction of sp³-hybridized carbons (Fsp3) is 0.576. The Morgan fingerprint density at radius 1 is 0.976 bits per heavy atom. The molecule has 6 rings (SSSR count).